The molecule has 67 heavy (non-hydrogen) atoms. The van der Waals surface area contributed by atoms with Crippen LogP contribution in [-0.2, 0) is 19.2 Å². The zero-order valence-corrected chi connectivity index (χ0v) is 39.5. The quantitative estimate of drug-likeness (QED) is 0.118. The van der Waals surface area contributed by atoms with Crippen molar-refractivity contribution in [2.75, 3.05) is 66.7 Å². The Kier molecular flexibility index (Phi) is 20.0. The lowest BCUT2D eigenvalue weighted by atomic mass is 9.96. The molecule has 2 aliphatic heterocycles. The van der Waals surface area contributed by atoms with Crippen LogP contribution in [-0.4, -0.2) is 112 Å². The standard InChI is InChI=1S/2C26H32N2O5.CH4/c2*1-17-10-11-23(32-4)22(13-17)26(31)28-12-6-9-20(15-28)25(30)27-14-21(29)16-33-24-18(2)7-5-8-19(24)3;/h2*5,7-8,10-11,13,20H,6,9,12,14-16H2,1-4H3,(H,27,30);1H4/t2*20-;/m10./s1. The molecule has 2 saturated heterocycles. The van der Waals surface area contributed by atoms with E-state index in [0.717, 1.165) is 46.2 Å². The Labute approximate surface area is 395 Å². The number of amides is 4. The van der Waals surface area contributed by atoms with Crippen molar-refractivity contribution >= 4 is 35.2 Å². The van der Waals surface area contributed by atoms with Gasteiger partial charge in [-0.05, 0) is 114 Å². The first-order valence-electron chi connectivity index (χ1n) is 22.4. The third kappa shape index (κ3) is 14.6. The zero-order chi connectivity index (χ0) is 47.9. The van der Waals surface area contributed by atoms with Crippen LogP contribution >= 0.6 is 0 Å². The van der Waals surface area contributed by atoms with E-state index in [1.165, 1.54) is 14.2 Å². The minimum atomic E-state index is -0.356. The second kappa shape index (κ2) is 25.3. The Hall–Kier alpha value is -6.70. The third-order valence-corrected chi connectivity index (χ3v) is 11.8. The van der Waals surface area contributed by atoms with Crippen LogP contribution in [0.4, 0.5) is 0 Å². The van der Waals surface area contributed by atoms with E-state index in [1.807, 2.05) is 90.1 Å². The van der Waals surface area contributed by atoms with Gasteiger partial charge < -0.3 is 39.4 Å². The number of ether oxygens (including phenoxy) is 4. The van der Waals surface area contributed by atoms with Gasteiger partial charge in [0.25, 0.3) is 11.8 Å². The molecule has 6 rings (SSSR count). The molecule has 4 aromatic rings. The molecular weight excluding hydrogens is 853 g/mol. The molecule has 0 bridgehead atoms. The van der Waals surface area contributed by atoms with Gasteiger partial charge in [0.2, 0.25) is 11.8 Å². The van der Waals surface area contributed by atoms with Crippen LogP contribution in [0.3, 0.4) is 0 Å². The molecule has 0 spiro atoms. The number of hydrogen-bond acceptors (Lipinski definition) is 10. The van der Waals surface area contributed by atoms with Gasteiger partial charge in [-0.1, -0.05) is 67.1 Å². The van der Waals surface area contributed by atoms with Crippen molar-refractivity contribution in [1.82, 2.24) is 20.4 Å². The Morgan fingerprint density at radius 3 is 1.25 bits per heavy atom. The molecule has 0 aromatic heterocycles. The van der Waals surface area contributed by atoms with Crippen molar-refractivity contribution in [3.8, 4) is 23.0 Å². The maximum Gasteiger partial charge on any atom is 0.257 e. The van der Waals surface area contributed by atoms with Crippen molar-refractivity contribution < 1.29 is 47.7 Å². The van der Waals surface area contributed by atoms with Gasteiger partial charge >= 0.3 is 0 Å². The number of nitrogens with zero attached hydrogens (tertiary/aromatic N) is 2. The van der Waals surface area contributed by atoms with Gasteiger partial charge in [-0.3, -0.25) is 28.8 Å². The number of ketones is 2. The van der Waals surface area contributed by atoms with Crippen molar-refractivity contribution in [3.05, 3.63) is 117 Å². The number of carbonyl (C=O) groups excluding carboxylic acids is 6. The van der Waals surface area contributed by atoms with Gasteiger partial charge in [0.1, 0.15) is 36.2 Å². The van der Waals surface area contributed by atoms with Crippen LogP contribution in [0.15, 0.2) is 72.8 Å². The van der Waals surface area contributed by atoms with E-state index in [9.17, 15) is 28.8 Å². The number of hydrogen-bond donors (Lipinski definition) is 2. The number of likely N-dealkylation sites (tertiary alicyclic amines) is 2. The lowest BCUT2D eigenvalue weighted by molar-refractivity contribution is -0.129. The van der Waals surface area contributed by atoms with E-state index in [0.29, 0.717) is 73.1 Å². The first-order chi connectivity index (χ1) is 31.6. The van der Waals surface area contributed by atoms with Crippen LogP contribution in [0, 0.1) is 53.4 Å². The fourth-order valence-corrected chi connectivity index (χ4v) is 8.19. The highest BCUT2D eigenvalue weighted by Crippen LogP contribution is 2.28. The van der Waals surface area contributed by atoms with Gasteiger partial charge in [0, 0.05) is 26.2 Å². The number of aryl methyl sites for hydroxylation is 6. The van der Waals surface area contributed by atoms with Gasteiger partial charge in [0.15, 0.2) is 11.6 Å². The molecule has 2 fully saturated rings. The van der Waals surface area contributed by atoms with Gasteiger partial charge in [-0.15, -0.1) is 0 Å². The molecule has 2 atom stereocenters. The number of nitrogens with one attached hydrogen (secondary N) is 2. The number of Topliss-reactive ketones (excluding diaryl/α,β-unsaturated/α-hetero) is 2. The molecule has 2 aliphatic rings. The Bertz CT molecular complexity index is 2190. The third-order valence-electron chi connectivity index (χ3n) is 11.8. The molecule has 2 N–H and O–H groups in total. The summed E-state index contributed by atoms with van der Waals surface area (Å²) in [5, 5.41) is 5.43. The van der Waals surface area contributed by atoms with E-state index in [1.54, 1.807) is 34.1 Å². The molecule has 14 heteroatoms. The fourth-order valence-electron chi connectivity index (χ4n) is 8.19. The predicted molar refractivity (Wildman–Crippen MR) is 258 cm³/mol. The first kappa shape index (κ1) is 52.9. The molecule has 2 heterocycles. The van der Waals surface area contributed by atoms with E-state index in [2.05, 4.69) is 10.6 Å². The highest BCUT2D eigenvalue weighted by atomic mass is 16.5. The van der Waals surface area contributed by atoms with E-state index in [-0.39, 0.29) is 80.8 Å². The highest BCUT2D eigenvalue weighted by molar-refractivity contribution is 5.98. The Balaban J connectivity index is 0.000000288. The van der Waals surface area contributed by atoms with E-state index < -0.39 is 0 Å². The van der Waals surface area contributed by atoms with Gasteiger partial charge in [-0.2, -0.15) is 0 Å². The molecule has 0 aliphatic carbocycles. The molecule has 0 unspecified atom stereocenters. The second-order valence-corrected chi connectivity index (χ2v) is 17.1. The zero-order valence-electron chi connectivity index (χ0n) is 39.5. The van der Waals surface area contributed by atoms with Crippen molar-refractivity contribution in [1.29, 1.82) is 0 Å². The highest BCUT2D eigenvalue weighted by Gasteiger charge is 2.32. The van der Waals surface area contributed by atoms with Crippen molar-refractivity contribution in [2.45, 2.75) is 74.7 Å². The number of benzene rings is 4. The molecule has 360 valence electrons. The van der Waals surface area contributed by atoms with Crippen LogP contribution in [0.1, 0.15) is 87.2 Å². The number of rotatable bonds is 16. The second-order valence-electron chi connectivity index (χ2n) is 17.1. The molecule has 0 radical (unpaired) electrons. The minimum Gasteiger partial charge on any atom is -0.496 e. The number of para-hydroxylation sites is 2. The summed E-state index contributed by atoms with van der Waals surface area (Å²) in [5.41, 5.74) is 6.77. The average Bonchev–Trinajstić information content (AvgIpc) is 3.31. The number of carbonyl (C=O) groups is 6. The molecule has 14 nitrogen and oxygen atoms in total. The monoisotopic (exact) mass is 920 g/mol. The SMILES string of the molecule is C.COc1ccc(C)cc1C(=O)N1CCC[C@@H](C(=O)NCC(=O)COc2c(C)cccc2C)C1.COc1ccc(C)cc1C(=O)N1CCC[C@H](C(=O)NCC(=O)COc2c(C)cccc2C)C1. The topological polar surface area (TPSA) is 170 Å². The summed E-state index contributed by atoms with van der Waals surface area (Å²) < 4.78 is 22.0. The average molecular weight is 921 g/mol. The maximum atomic E-state index is 13.1. The summed E-state index contributed by atoms with van der Waals surface area (Å²) in [5.74, 6) is 0.578. The summed E-state index contributed by atoms with van der Waals surface area (Å²) in [6, 6.07) is 22.5. The maximum absolute atomic E-state index is 13.1. The van der Waals surface area contributed by atoms with Gasteiger partial charge in [0.05, 0.1) is 50.3 Å². The fraction of sp³-hybridized carbons (Fsp3) is 0.434. The molecule has 0 saturated carbocycles. The largest absolute Gasteiger partial charge is 0.496 e. The van der Waals surface area contributed by atoms with E-state index >= 15 is 0 Å². The lowest BCUT2D eigenvalue weighted by Gasteiger charge is -2.32. The Morgan fingerprint density at radius 2 is 0.910 bits per heavy atom. The first-order valence-corrected chi connectivity index (χ1v) is 22.4. The molecule has 4 aromatic carbocycles. The molecule has 4 amide bonds. The summed E-state index contributed by atoms with van der Waals surface area (Å²) in [7, 11) is 3.07. The van der Waals surface area contributed by atoms with Crippen LogP contribution in [0.25, 0.3) is 0 Å². The Morgan fingerprint density at radius 1 is 0.552 bits per heavy atom. The van der Waals surface area contributed by atoms with Gasteiger partial charge in [-0.25, -0.2) is 0 Å². The number of methoxy groups -OCH3 is 2. The van der Waals surface area contributed by atoms with E-state index in [4.69, 9.17) is 18.9 Å². The smallest absolute Gasteiger partial charge is 0.257 e. The minimum absolute atomic E-state index is 0. The summed E-state index contributed by atoms with van der Waals surface area (Å²) >= 11 is 0. The van der Waals surface area contributed by atoms with Crippen LogP contribution < -0.4 is 29.6 Å². The van der Waals surface area contributed by atoms with Crippen LogP contribution in [0.5, 0.6) is 23.0 Å². The van der Waals surface area contributed by atoms with Crippen molar-refractivity contribution in [2.24, 2.45) is 11.8 Å². The molecular formula is C53H68N4O10. The normalized spacial score (nSPS) is 15.4. The number of piperidine rings is 2. The summed E-state index contributed by atoms with van der Waals surface area (Å²) in [6.45, 7) is 13.0. The summed E-state index contributed by atoms with van der Waals surface area (Å²) in [4.78, 5) is 79.5. The summed E-state index contributed by atoms with van der Waals surface area (Å²) in [6.07, 6.45) is 2.80. The lowest BCUT2D eigenvalue weighted by Crippen LogP contribution is -2.46. The predicted octanol–water partition coefficient (Wildman–Crippen LogP) is 7.11. The van der Waals surface area contributed by atoms with Crippen LogP contribution in [0.2, 0.25) is 0 Å². The van der Waals surface area contributed by atoms with Crippen molar-refractivity contribution in [3.63, 3.8) is 0 Å².